The number of ether oxygens (including phenoxy) is 1. The van der Waals surface area contributed by atoms with Crippen molar-refractivity contribution in [2.45, 2.75) is 81.9 Å². The molecule has 3 atom stereocenters. The lowest BCUT2D eigenvalue weighted by Gasteiger charge is -2.32. The molecule has 2 aromatic heterocycles. The zero-order chi connectivity index (χ0) is 37.3. The second-order valence-electron chi connectivity index (χ2n) is 14.5. The quantitative estimate of drug-likeness (QED) is 0.195. The first kappa shape index (κ1) is 35.6. The van der Waals surface area contributed by atoms with Gasteiger partial charge in [-0.2, -0.15) is 5.10 Å². The van der Waals surface area contributed by atoms with Crippen LogP contribution in [0.2, 0.25) is 5.15 Å². The van der Waals surface area contributed by atoms with Crippen LogP contribution in [0.5, 0.6) is 5.88 Å². The van der Waals surface area contributed by atoms with Gasteiger partial charge in [-0.25, -0.2) is 0 Å². The third-order valence-electron chi connectivity index (χ3n) is 10.9. The van der Waals surface area contributed by atoms with Gasteiger partial charge in [0.25, 0.3) is 11.8 Å². The van der Waals surface area contributed by atoms with Crippen LogP contribution < -0.4 is 15.4 Å². The van der Waals surface area contributed by atoms with Crippen molar-refractivity contribution in [2.75, 3.05) is 18.4 Å². The Morgan fingerprint density at radius 3 is 2.39 bits per heavy atom. The Morgan fingerprint density at radius 1 is 0.852 bits per heavy atom. The molecule has 4 aliphatic rings. The molecule has 1 unspecified atom stereocenters. The lowest BCUT2D eigenvalue weighted by atomic mass is 9.87. The number of piperidine rings is 2. The number of benzene rings is 2. The number of imide groups is 2. The van der Waals surface area contributed by atoms with Crippen LogP contribution >= 0.6 is 11.6 Å². The number of H-pyrrole nitrogens is 1. The van der Waals surface area contributed by atoms with Crippen molar-refractivity contribution >= 4 is 47.0 Å². The number of likely N-dealkylation sites (tertiary alicyclic amines) is 1. The molecule has 15 heteroatoms. The minimum Gasteiger partial charge on any atom is -0.473 e. The fraction of sp³-hybridized carbons (Fsp3) is 0.385. The molecule has 2 saturated heterocycles. The van der Waals surface area contributed by atoms with E-state index < -0.39 is 29.7 Å². The standard InChI is InChI=1S/C39H39ClN8O6/c40-32-10-12-36(46-44-32)54-27-7-5-26(18-27)30-20-33(45-43-30)41-35(50)17-22-1-3-23(4-2-22)21-47-15-13-24(14-16-47)25-6-8-28-29(19-25)39(53)48(38(28)52)31-9-11-34(49)42-37(31)51/h1-4,6,8,10,12,19-20,24,26-27,31H,5,7,9,11,13-18,21H2,(H,42,49,51)(H2,41,43,45,50)/t26-,27+,31?/m0/s1. The molecule has 3 aliphatic heterocycles. The first-order valence-corrected chi connectivity index (χ1v) is 18.7. The van der Waals surface area contributed by atoms with Gasteiger partial charge in [0.1, 0.15) is 12.1 Å². The molecule has 1 saturated carbocycles. The number of nitrogens with zero attached hydrogens (tertiary/aromatic N) is 5. The highest BCUT2D eigenvalue weighted by molar-refractivity contribution is 6.29. The number of carbonyl (C=O) groups is 5. The predicted molar refractivity (Wildman–Crippen MR) is 196 cm³/mol. The molecule has 0 bridgehead atoms. The third-order valence-corrected chi connectivity index (χ3v) is 11.1. The second-order valence-corrected chi connectivity index (χ2v) is 14.9. The summed E-state index contributed by atoms with van der Waals surface area (Å²) in [6.07, 6.45) is 4.89. The van der Waals surface area contributed by atoms with Crippen molar-refractivity contribution in [2.24, 2.45) is 0 Å². The number of fused-ring (bicyclic) bond motifs is 1. The van der Waals surface area contributed by atoms with E-state index in [0.29, 0.717) is 28.0 Å². The monoisotopic (exact) mass is 750 g/mol. The molecule has 8 rings (SSSR count). The Kier molecular flexibility index (Phi) is 9.95. The van der Waals surface area contributed by atoms with Crippen molar-refractivity contribution in [3.63, 3.8) is 0 Å². The summed E-state index contributed by atoms with van der Waals surface area (Å²) in [6, 6.07) is 17.8. The van der Waals surface area contributed by atoms with Crippen molar-refractivity contribution < 1.29 is 28.7 Å². The van der Waals surface area contributed by atoms with Gasteiger partial charge in [-0.1, -0.05) is 41.9 Å². The van der Waals surface area contributed by atoms with Gasteiger partial charge in [-0.3, -0.25) is 44.2 Å². The van der Waals surface area contributed by atoms with Crippen LogP contribution in [-0.2, 0) is 27.3 Å². The molecule has 5 amide bonds. The number of hydrogen-bond acceptors (Lipinski definition) is 10. The summed E-state index contributed by atoms with van der Waals surface area (Å²) >= 11 is 5.81. The van der Waals surface area contributed by atoms with Gasteiger partial charge in [0.05, 0.1) is 17.5 Å². The fourth-order valence-electron chi connectivity index (χ4n) is 8.04. The lowest BCUT2D eigenvalue weighted by Crippen LogP contribution is -2.54. The molecule has 3 fully saturated rings. The summed E-state index contributed by atoms with van der Waals surface area (Å²) in [5.74, 6) is -0.685. The minimum absolute atomic E-state index is 0.0159. The van der Waals surface area contributed by atoms with E-state index in [1.54, 1.807) is 18.2 Å². The van der Waals surface area contributed by atoms with Crippen LogP contribution in [0.4, 0.5) is 5.82 Å². The summed E-state index contributed by atoms with van der Waals surface area (Å²) < 4.78 is 5.96. The molecule has 0 radical (unpaired) electrons. The minimum atomic E-state index is -0.972. The van der Waals surface area contributed by atoms with Gasteiger partial charge in [0.2, 0.25) is 23.6 Å². The van der Waals surface area contributed by atoms with E-state index in [4.69, 9.17) is 16.3 Å². The zero-order valence-corrected chi connectivity index (χ0v) is 30.2. The summed E-state index contributed by atoms with van der Waals surface area (Å²) in [5.41, 5.74) is 4.66. The number of aromatic amines is 1. The van der Waals surface area contributed by atoms with E-state index >= 15 is 0 Å². The maximum Gasteiger partial charge on any atom is 0.262 e. The fourth-order valence-corrected chi connectivity index (χ4v) is 8.14. The number of amides is 5. The Balaban J connectivity index is 0.786. The van der Waals surface area contributed by atoms with Crippen molar-refractivity contribution in [3.05, 3.63) is 99.3 Å². The summed E-state index contributed by atoms with van der Waals surface area (Å²) in [4.78, 5) is 66.6. The second kappa shape index (κ2) is 15.1. The molecular weight excluding hydrogens is 712 g/mol. The van der Waals surface area contributed by atoms with Crippen LogP contribution in [0, 0.1) is 0 Å². The molecule has 278 valence electrons. The van der Waals surface area contributed by atoms with E-state index in [1.165, 1.54) is 0 Å². The Bertz CT molecular complexity index is 2100. The maximum atomic E-state index is 13.3. The molecule has 1 aliphatic carbocycles. The van der Waals surface area contributed by atoms with E-state index in [-0.39, 0.29) is 43.1 Å². The highest BCUT2D eigenvalue weighted by atomic mass is 35.5. The van der Waals surface area contributed by atoms with E-state index in [1.807, 2.05) is 30.3 Å². The molecule has 5 heterocycles. The zero-order valence-electron chi connectivity index (χ0n) is 29.4. The van der Waals surface area contributed by atoms with Gasteiger partial charge in [0.15, 0.2) is 11.0 Å². The summed E-state index contributed by atoms with van der Waals surface area (Å²) in [7, 11) is 0. The Labute approximate surface area is 316 Å². The number of rotatable bonds is 10. The number of aromatic nitrogens is 4. The van der Waals surface area contributed by atoms with Crippen LogP contribution in [0.1, 0.15) is 99.9 Å². The maximum absolute atomic E-state index is 13.3. The Hall–Kier alpha value is -5.47. The average Bonchev–Trinajstić information content (AvgIpc) is 3.89. The van der Waals surface area contributed by atoms with Gasteiger partial charge < -0.3 is 10.1 Å². The first-order chi connectivity index (χ1) is 26.2. The summed E-state index contributed by atoms with van der Waals surface area (Å²) in [6.45, 7) is 2.53. The molecule has 0 spiro atoms. The van der Waals surface area contributed by atoms with E-state index in [0.717, 1.165) is 79.0 Å². The molecular formula is C39H39ClN8O6. The molecule has 54 heavy (non-hydrogen) atoms. The van der Waals surface area contributed by atoms with Crippen molar-refractivity contribution in [3.8, 4) is 5.88 Å². The van der Waals surface area contributed by atoms with E-state index in [2.05, 4.69) is 48.1 Å². The highest BCUT2D eigenvalue weighted by Gasteiger charge is 2.45. The van der Waals surface area contributed by atoms with Gasteiger partial charge in [0, 0.05) is 36.7 Å². The largest absolute Gasteiger partial charge is 0.473 e. The van der Waals surface area contributed by atoms with Crippen LogP contribution in [0.15, 0.2) is 60.7 Å². The average molecular weight is 751 g/mol. The number of halogens is 1. The molecule has 3 N–H and O–H groups in total. The SMILES string of the molecule is O=C1CCC(N2C(=O)c3ccc(C4CCN(Cc5ccc(CC(=O)Nc6cc([C@H]7CC[C@@H](Oc8ccc(Cl)nn8)C7)[nH]n6)cc5)CC4)cc3C2=O)C(=O)N1. The topological polar surface area (TPSA) is 180 Å². The molecule has 4 aromatic rings. The van der Waals surface area contributed by atoms with E-state index in [9.17, 15) is 24.0 Å². The molecule has 14 nitrogen and oxygen atoms in total. The highest BCUT2D eigenvalue weighted by Crippen LogP contribution is 2.37. The smallest absolute Gasteiger partial charge is 0.262 e. The van der Waals surface area contributed by atoms with Crippen LogP contribution in [0.3, 0.4) is 0 Å². The number of hydrogen-bond donors (Lipinski definition) is 3. The normalized spacial score (nSPS) is 22.0. The summed E-state index contributed by atoms with van der Waals surface area (Å²) in [5, 5.41) is 20.7. The first-order valence-electron chi connectivity index (χ1n) is 18.3. The third kappa shape index (κ3) is 7.62. The number of anilines is 1. The van der Waals surface area contributed by atoms with Crippen molar-refractivity contribution in [1.29, 1.82) is 0 Å². The number of carbonyl (C=O) groups excluding carboxylic acids is 5. The predicted octanol–water partition coefficient (Wildman–Crippen LogP) is 4.53. The van der Waals surface area contributed by atoms with Crippen LogP contribution in [0.25, 0.3) is 0 Å². The van der Waals surface area contributed by atoms with Gasteiger partial charge in [-0.05, 0) is 92.4 Å². The lowest BCUT2D eigenvalue weighted by molar-refractivity contribution is -0.136. The van der Waals surface area contributed by atoms with Gasteiger partial charge in [-0.15, -0.1) is 10.2 Å². The van der Waals surface area contributed by atoms with Gasteiger partial charge >= 0.3 is 0 Å². The Morgan fingerprint density at radius 2 is 1.63 bits per heavy atom. The molecule has 2 aromatic carbocycles. The number of nitrogens with one attached hydrogen (secondary N) is 3. The van der Waals surface area contributed by atoms with Crippen LogP contribution in [-0.4, -0.2) is 85.0 Å². The van der Waals surface area contributed by atoms with Crippen molar-refractivity contribution in [1.82, 2.24) is 35.5 Å².